The van der Waals surface area contributed by atoms with Gasteiger partial charge in [-0.3, -0.25) is 0 Å². The largest absolute Gasteiger partial charge is 0.497 e. The molecule has 23 heavy (non-hydrogen) atoms. The SMILES string of the molecule is CCNC(=NCc1ccc(OC)cc1OC)NCc1cccs1. The number of aliphatic imine (C=N–C) groups is 1. The summed E-state index contributed by atoms with van der Waals surface area (Å²) in [7, 11) is 3.30. The van der Waals surface area contributed by atoms with Crippen LogP contribution in [0.3, 0.4) is 0 Å². The number of nitrogens with zero attached hydrogens (tertiary/aromatic N) is 1. The summed E-state index contributed by atoms with van der Waals surface area (Å²) in [4.78, 5) is 5.90. The molecule has 5 nitrogen and oxygen atoms in total. The topological polar surface area (TPSA) is 54.9 Å². The molecule has 0 amide bonds. The van der Waals surface area contributed by atoms with E-state index in [9.17, 15) is 0 Å². The fourth-order valence-corrected chi connectivity index (χ4v) is 2.72. The maximum Gasteiger partial charge on any atom is 0.191 e. The van der Waals surface area contributed by atoms with Crippen molar-refractivity contribution in [3.05, 3.63) is 46.2 Å². The monoisotopic (exact) mass is 333 g/mol. The van der Waals surface area contributed by atoms with Crippen molar-refractivity contribution in [2.45, 2.75) is 20.0 Å². The van der Waals surface area contributed by atoms with E-state index in [2.05, 4.69) is 34.0 Å². The number of methoxy groups -OCH3 is 2. The van der Waals surface area contributed by atoms with Gasteiger partial charge in [-0.25, -0.2) is 4.99 Å². The number of ether oxygens (including phenoxy) is 2. The summed E-state index contributed by atoms with van der Waals surface area (Å²) in [6, 6.07) is 9.92. The molecule has 0 aliphatic rings. The number of thiophene rings is 1. The van der Waals surface area contributed by atoms with Crippen LogP contribution in [0.2, 0.25) is 0 Å². The molecule has 0 unspecified atom stereocenters. The molecule has 2 aromatic rings. The van der Waals surface area contributed by atoms with Gasteiger partial charge in [0, 0.05) is 23.1 Å². The lowest BCUT2D eigenvalue weighted by Gasteiger charge is -2.12. The molecule has 2 N–H and O–H groups in total. The third-order valence-electron chi connectivity index (χ3n) is 3.26. The van der Waals surface area contributed by atoms with E-state index < -0.39 is 0 Å². The fourth-order valence-electron chi connectivity index (χ4n) is 2.07. The van der Waals surface area contributed by atoms with Crippen LogP contribution in [-0.2, 0) is 13.1 Å². The van der Waals surface area contributed by atoms with Crippen LogP contribution < -0.4 is 20.1 Å². The molecule has 0 saturated carbocycles. The summed E-state index contributed by atoms with van der Waals surface area (Å²) >= 11 is 1.73. The maximum absolute atomic E-state index is 5.41. The van der Waals surface area contributed by atoms with Crippen molar-refractivity contribution in [1.82, 2.24) is 10.6 Å². The van der Waals surface area contributed by atoms with E-state index >= 15 is 0 Å². The van der Waals surface area contributed by atoms with Gasteiger partial charge in [0.25, 0.3) is 0 Å². The quantitative estimate of drug-likeness (QED) is 0.604. The highest BCUT2D eigenvalue weighted by atomic mass is 32.1. The molecule has 0 spiro atoms. The molecule has 1 aromatic heterocycles. The van der Waals surface area contributed by atoms with E-state index in [0.29, 0.717) is 6.54 Å². The molecule has 0 radical (unpaired) electrons. The molecule has 124 valence electrons. The van der Waals surface area contributed by atoms with Gasteiger partial charge in [0.15, 0.2) is 5.96 Å². The average Bonchev–Trinajstić information content (AvgIpc) is 3.10. The molecule has 0 bridgehead atoms. The van der Waals surface area contributed by atoms with E-state index in [4.69, 9.17) is 9.47 Å². The molecule has 0 aliphatic heterocycles. The first kappa shape index (κ1) is 17.1. The molecule has 1 aromatic carbocycles. The van der Waals surface area contributed by atoms with Crippen LogP contribution in [0.15, 0.2) is 40.7 Å². The third kappa shape index (κ3) is 5.17. The number of hydrogen-bond acceptors (Lipinski definition) is 4. The number of hydrogen-bond donors (Lipinski definition) is 2. The predicted molar refractivity (Wildman–Crippen MR) is 95.5 cm³/mol. The van der Waals surface area contributed by atoms with Crippen LogP contribution in [0.1, 0.15) is 17.4 Å². The van der Waals surface area contributed by atoms with Gasteiger partial charge in [-0.2, -0.15) is 0 Å². The van der Waals surface area contributed by atoms with Crippen LogP contribution in [0.4, 0.5) is 0 Å². The predicted octanol–water partition coefficient (Wildman–Crippen LogP) is 3.02. The van der Waals surface area contributed by atoms with Gasteiger partial charge < -0.3 is 20.1 Å². The van der Waals surface area contributed by atoms with Crippen molar-refractivity contribution >= 4 is 17.3 Å². The highest BCUT2D eigenvalue weighted by Gasteiger charge is 2.05. The summed E-state index contributed by atoms with van der Waals surface area (Å²) in [5.74, 6) is 2.35. The van der Waals surface area contributed by atoms with Crippen LogP contribution in [0.25, 0.3) is 0 Å². The average molecular weight is 333 g/mol. The highest BCUT2D eigenvalue weighted by Crippen LogP contribution is 2.25. The van der Waals surface area contributed by atoms with Gasteiger partial charge in [0.2, 0.25) is 0 Å². The van der Waals surface area contributed by atoms with E-state index in [-0.39, 0.29) is 0 Å². The lowest BCUT2D eigenvalue weighted by Crippen LogP contribution is -2.36. The second-order valence-electron chi connectivity index (χ2n) is 4.81. The first-order valence-corrected chi connectivity index (χ1v) is 8.40. The second-order valence-corrected chi connectivity index (χ2v) is 5.84. The van der Waals surface area contributed by atoms with Crippen molar-refractivity contribution < 1.29 is 9.47 Å². The van der Waals surface area contributed by atoms with Crippen molar-refractivity contribution in [2.24, 2.45) is 4.99 Å². The Hall–Kier alpha value is -2.21. The molecule has 0 aliphatic carbocycles. The standard InChI is InChI=1S/C17H23N3O2S/c1-4-18-17(20-12-15-6-5-9-23-15)19-11-13-7-8-14(21-2)10-16(13)22-3/h5-10H,4,11-12H2,1-3H3,(H2,18,19,20). The Bertz CT molecular complexity index is 627. The Labute approximate surface area is 141 Å². The van der Waals surface area contributed by atoms with E-state index in [1.165, 1.54) is 4.88 Å². The van der Waals surface area contributed by atoms with Gasteiger partial charge in [-0.15, -0.1) is 11.3 Å². The summed E-state index contributed by atoms with van der Waals surface area (Å²) < 4.78 is 10.6. The van der Waals surface area contributed by atoms with Gasteiger partial charge in [0.1, 0.15) is 11.5 Å². The minimum absolute atomic E-state index is 0.535. The van der Waals surface area contributed by atoms with E-state index in [1.54, 1.807) is 25.6 Å². The molecule has 0 atom stereocenters. The van der Waals surface area contributed by atoms with Crippen molar-refractivity contribution in [3.63, 3.8) is 0 Å². The third-order valence-corrected chi connectivity index (χ3v) is 4.13. The van der Waals surface area contributed by atoms with Gasteiger partial charge >= 0.3 is 0 Å². The zero-order chi connectivity index (χ0) is 16.5. The maximum atomic E-state index is 5.41. The van der Waals surface area contributed by atoms with E-state index in [1.807, 2.05) is 24.3 Å². The number of guanidine groups is 1. The first-order valence-electron chi connectivity index (χ1n) is 7.52. The van der Waals surface area contributed by atoms with Crippen molar-refractivity contribution in [2.75, 3.05) is 20.8 Å². The van der Waals surface area contributed by atoms with Gasteiger partial charge in [-0.1, -0.05) is 6.07 Å². The molecular weight excluding hydrogens is 310 g/mol. The summed E-state index contributed by atoms with van der Waals surface area (Å²) in [5, 5.41) is 8.66. The van der Waals surface area contributed by atoms with Crippen LogP contribution in [0, 0.1) is 0 Å². The minimum Gasteiger partial charge on any atom is -0.497 e. The van der Waals surface area contributed by atoms with Gasteiger partial charge in [0.05, 0.1) is 27.3 Å². The van der Waals surface area contributed by atoms with E-state index in [0.717, 1.165) is 36.1 Å². The lowest BCUT2D eigenvalue weighted by atomic mass is 10.2. The number of benzene rings is 1. The molecule has 2 rings (SSSR count). The normalized spacial score (nSPS) is 11.2. The van der Waals surface area contributed by atoms with Crippen molar-refractivity contribution in [1.29, 1.82) is 0 Å². The summed E-state index contributed by atoms with van der Waals surface area (Å²) in [6.45, 7) is 4.17. The van der Waals surface area contributed by atoms with Crippen LogP contribution in [-0.4, -0.2) is 26.7 Å². The molecule has 0 saturated heterocycles. The second kappa shape index (κ2) is 9.05. The smallest absolute Gasteiger partial charge is 0.191 e. The minimum atomic E-state index is 0.535. The summed E-state index contributed by atoms with van der Waals surface area (Å²) in [5.41, 5.74) is 1.02. The summed E-state index contributed by atoms with van der Waals surface area (Å²) in [6.07, 6.45) is 0. The lowest BCUT2D eigenvalue weighted by molar-refractivity contribution is 0.391. The highest BCUT2D eigenvalue weighted by molar-refractivity contribution is 7.09. The Kier molecular flexibility index (Phi) is 6.75. The Morgan fingerprint density at radius 3 is 2.70 bits per heavy atom. The molecule has 6 heteroatoms. The Morgan fingerprint density at radius 2 is 2.04 bits per heavy atom. The molecule has 1 heterocycles. The number of nitrogens with one attached hydrogen (secondary N) is 2. The number of rotatable bonds is 7. The van der Waals surface area contributed by atoms with Crippen molar-refractivity contribution in [3.8, 4) is 11.5 Å². The van der Waals surface area contributed by atoms with Gasteiger partial charge in [-0.05, 0) is 30.5 Å². The molecule has 0 fully saturated rings. The Morgan fingerprint density at radius 1 is 1.17 bits per heavy atom. The molecular formula is C17H23N3O2S. The Balaban J connectivity index is 2.04. The fraction of sp³-hybridized carbons (Fsp3) is 0.353. The van der Waals surface area contributed by atoms with Crippen LogP contribution >= 0.6 is 11.3 Å². The first-order chi connectivity index (χ1) is 11.3. The van der Waals surface area contributed by atoms with Crippen LogP contribution in [0.5, 0.6) is 11.5 Å². The zero-order valence-corrected chi connectivity index (χ0v) is 14.6. The zero-order valence-electron chi connectivity index (χ0n) is 13.8.